The molecule has 2 unspecified atom stereocenters. The SMILES string of the molecule is Cc1cc(C)c(B(c2cccc(-c3ccc(C45CC6CC(C4)CC(c4ccc([Si]7(c8ccccc8)c8ccccc8-c8ccccc87)cc4)(C6)C5)cc3)c2)c2c(C)cc(C)cc2C)c(C)c1. The predicted octanol–water partition coefficient (Wildman–Crippen LogP) is 10.9. The molecule has 0 radical (unpaired) electrons. The van der Waals surface area contributed by atoms with Crippen LogP contribution in [0.2, 0.25) is 0 Å². The highest BCUT2D eigenvalue weighted by Crippen LogP contribution is 2.66. The molecule has 66 heavy (non-hydrogen) atoms. The molecular formula is C64H61BSi. The van der Waals surface area contributed by atoms with E-state index in [1.807, 2.05) is 0 Å². The van der Waals surface area contributed by atoms with Gasteiger partial charge in [0.05, 0.1) is 0 Å². The van der Waals surface area contributed by atoms with Crippen molar-refractivity contribution >= 4 is 51.9 Å². The van der Waals surface area contributed by atoms with E-state index >= 15 is 0 Å². The summed E-state index contributed by atoms with van der Waals surface area (Å²) in [6, 6.07) is 69.4. The predicted molar refractivity (Wildman–Crippen MR) is 285 cm³/mol. The molecule has 8 aromatic rings. The zero-order valence-corrected chi connectivity index (χ0v) is 40.7. The summed E-state index contributed by atoms with van der Waals surface area (Å²) in [5.74, 6) is 1.58. The zero-order valence-electron chi connectivity index (χ0n) is 39.7. The fraction of sp³-hybridized carbons (Fsp3) is 0.250. The third-order valence-electron chi connectivity index (χ3n) is 17.3. The van der Waals surface area contributed by atoms with E-state index in [0.29, 0.717) is 0 Å². The molecule has 4 aliphatic carbocycles. The van der Waals surface area contributed by atoms with E-state index in [2.05, 4.69) is 217 Å². The third-order valence-corrected chi connectivity index (χ3v) is 22.1. The molecule has 0 saturated heterocycles. The maximum Gasteiger partial charge on any atom is 0.242 e. The van der Waals surface area contributed by atoms with Crippen LogP contribution in [0.25, 0.3) is 22.3 Å². The first-order valence-electron chi connectivity index (χ1n) is 24.8. The Morgan fingerprint density at radius 2 is 0.879 bits per heavy atom. The van der Waals surface area contributed by atoms with Gasteiger partial charge in [0, 0.05) is 0 Å². The van der Waals surface area contributed by atoms with Crippen LogP contribution >= 0.6 is 0 Å². The van der Waals surface area contributed by atoms with E-state index < -0.39 is 8.07 Å². The fourth-order valence-corrected chi connectivity index (χ4v) is 20.6. The van der Waals surface area contributed by atoms with Gasteiger partial charge in [-0.25, -0.2) is 0 Å². The van der Waals surface area contributed by atoms with Gasteiger partial charge in [0.2, 0.25) is 6.71 Å². The van der Waals surface area contributed by atoms with Crippen molar-refractivity contribution in [3.63, 3.8) is 0 Å². The van der Waals surface area contributed by atoms with Crippen LogP contribution in [0.1, 0.15) is 83.0 Å². The molecule has 13 rings (SSSR count). The van der Waals surface area contributed by atoms with Crippen LogP contribution in [0.3, 0.4) is 0 Å². The Kier molecular flexibility index (Phi) is 9.78. The van der Waals surface area contributed by atoms with E-state index in [9.17, 15) is 0 Å². The number of fused-ring (bicyclic) bond motifs is 3. The minimum Gasteiger partial charge on any atom is -0.0680 e. The topological polar surface area (TPSA) is 0 Å². The molecule has 2 heteroatoms. The lowest BCUT2D eigenvalue weighted by Gasteiger charge is -2.63. The van der Waals surface area contributed by atoms with Crippen molar-refractivity contribution in [1.82, 2.24) is 0 Å². The Labute approximate surface area is 395 Å². The minimum atomic E-state index is -2.50. The van der Waals surface area contributed by atoms with Crippen LogP contribution in [0.4, 0.5) is 0 Å². The number of benzene rings is 8. The number of hydrogen-bond acceptors (Lipinski definition) is 0. The molecule has 0 N–H and O–H groups in total. The summed E-state index contributed by atoms with van der Waals surface area (Å²) in [6.07, 6.45) is 8.02. The highest BCUT2D eigenvalue weighted by molar-refractivity contribution is 7.22. The maximum absolute atomic E-state index is 2.60. The van der Waals surface area contributed by atoms with Gasteiger partial charge < -0.3 is 0 Å². The molecule has 1 aliphatic heterocycles. The number of aryl methyl sites for hydroxylation is 6. The van der Waals surface area contributed by atoms with Crippen LogP contribution in [-0.4, -0.2) is 14.8 Å². The van der Waals surface area contributed by atoms with Gasteiger partial charge in [0.15, 0.2) is 8.07 Å². The quantitative estimate of drug-likeness (QED) is 0.134. The van der Waals surface area contributed by atoms with Gasteiger partial charge in [-0.1, -0.05) is 226 Å². The van der Waals surface area contributed by atoms with Gasteiger partial charge in [0.25, 0.3) is 0 Å². The first-order valence-corrected chi connectivity index (χ1v) is 26.8. The van der Waals surface area contributed by atoms with Crippen molar-refractivity contribution in [1.29, 1.82) is 0 Å². The smallest absolute Gasteiger partial charge is 0.0680 e. The molecule has 4 bridgehead atoms. The molecule has 5 aliphatic rings. The standard InChI is InChI=1S/C64H61BSi/c1-42-31-44(3)61(45(4)32-42)65(62-46(5)33-43(2)34-47(62)6)54-16-14-15-51(36-54)50-23-25-52(26-24-50)63-37-48-35-49(38-63)40-64(39-48,41-63)53-27-29-56(30-28-53)66(55-17-8-7-9-18-55)59-21-12-10-19-57(59)58-20-11-13-22-60(58)66/h7-34,36,48-49H,35,37-41H2,1-6H3. The molecule has 2 atom stereocenters. The molecule has 4 saturated carbocycles. The summed E-state index contributed by atoms with van der Waals surface area (Å²) in [4.78, 5) is 0. The average Bonchev–Trinajstić information content (AvgIpc) is 3.61. The van der Waals surface area contributed by atoms with Crippen molar-refractivity contribution in [2.45, 2.75) is 90.9 Å². The number of hydrogen-bond donors (Lipinski definition) is 0. The molecule has 0 amide bonds. The Bertz CT molecular complexity index is 3010. The van der Waals surface area contributed by atoms with Gasteiger partial charge in [0.1, 0.15) is 0 Å². The van der Waals surface area contributed by atoms with Crippen LogP contribution in [-0.2, 0) is 10.8 Å². The van der Waals surface area contributed by atoms with Crippen molar-refractivity contribution < 1.29 is 0 Å². The Hall–Kier alpha value is -5.96. The van der Waals surface area contributed by atoms with Crippen molar-refractivity contribution in [2.24, 2.45) is 11.8 Å². The Morgan fingerprint density at radius 1 is 0.424 bits per heavy atom. The van der Waals surface area contributed by atoms with E-state index in [-0.39, 0.29) is 17.5 Å². The normalized spacial score (nSPS) is 22.0. The van der Waals surface area contributed by atoms with Gasteiger partial charge >= 0.3 is 0 Å². The Morgan fingerprint density at radius 3 is 1.39 bits per heavy atom. The first-order chi connectivity index (χ1) is 32.0. The van der Waals surface area contributed by atoms with Gasteiger partial charge in [-0.05, 0) is 157 Å². The lowest BCUT2D eigenvalue weighted by molar-refractivity contribution is -0.0281. The minimum absolute atomic E-state index is 0.165. The first kappa shape index (κ1) is 41.5. The molecule has 324 valence electrons. The Balaban J connectivity index is 0.888. The second-order valence-corrected chi connectivity index (χ2v) is 25.3. The molecule has 1 heterocycles. The highest BCUT2D eigenvalue weighted by atomic mass is 28.3. The number of rotatable bonds is 8. The summed E-state index contributed by atoms with van der Waals surface area (Å²) in [5.41, 5.74) is 21.5. The van der Waals surface area contributed by atoms with Crippen LogP contribution in [0.15, 0.2) is 176 Å². The zero-order chi connectivity index (χ0) is 45.0. The molecule has 0 nitrogen and oxygen atoms in total. The van der Waals surface area contributed by atoms with Crippen LogP contribution < -0.4 is 37.1 Å². The van der Waals surface area contributed by atoms with E-state index in [1.165, 1.54) is 131 Å². The lowest BCUT2D eigenvalue weighted by atomic mass is 9.34. The van der Waals surface area contributed by atoms with Gasteiger partial charge in [-0.15, -0.1) is 0 Å². The third kappa shape index (κ3) is 6.38. The molecule has 0 spiro atoms. The molecule has 0 aromatic heterocycles. The molecule has 4 fully saturated rings. The summed E-state index contributed by atoms with van der Waals surface area (Å²) in [5, 5.41) is 6.05. The largest absolute Gasteiger partial charge is 0.242 e. The van der Waals surface area contributed by atoms with Gasteiger partial charge in [-0.3, -0.25) is 0 Å². The molecular weight excluding hydrogens is 808 g/mol. The van der Waals surface area contributed by atoms with Crippen molar-refractivity contribution in [3.05, 3.63) is 220 Å². The van der Waals surface area contributed by atoms with Crippen LogP contribution in [0.5, 0.6) is 0 Å². The average molecular weight is 869 g/mol. The van der Waals surface area contributed by atoms with Gasteiger partial charge in [-0.2, -0.15) is 0 Å². The summed E-state index contributed by atoms with van der Waals surface area (Å²) < 4.78 is 0. The summed E-state index contributed by atoms with van der Waals surface area (Å²) >= 11 is 0. The van der Waals surface area contributed by atoms with E-state index in [1.54, 1.807) is 11.1 Å². The maximum atomic E-state index is 2.60. The van der Waals surface area contributed by atoms with Crippen molar-refractivity contribution in [2.75, 3.05) is 0 Å². The second-order valence-electron chi connectivity index (χ2n) is 21.6. The molecule has 8 aromatic carbocycles. The highest BCUT2D eigenvalue weighted by Gasteiger charge is 2.59. The monoisotopic (exact) mass is 868 g/mol. The van der Waals surface area contributed by atoms with E-state index in [0.717, 1.165) is 11.8 Å². The van der Waals surface area contributed by atoms with Crippen molar-refractivity contribution in [3.8, 4) is 22.3 Å². The second kappa shape index (κ2) is 15.6. The fourth-order valence-electron chi connectivity index (χ4n) is 15.4. The van der Waals surface area contributed by atoms with Crippen LogP contribution in [0, 0.1) is 53.4 Å². The lowest BCUT2D eigenvalue weighted by Crippen LogP contribution is -2.72. The summed E-state index contributed by atoms with van der Waals surface area (Å²) in [7, 11) is -2.50. The van der Waals surface area contributed by atoms with E-state index in [4.69, 9.17) is 0 Å². The summed E-state index contributed by atoms with van der Waals surface area (Å²) in [6.45, 7) is 13.9.